The number of nitrogens with zero attached hydrogens (tertiary/aromatic N) is 2. The Labute approximate surface area is 108 Å². The molecule has 1 aliphatic heterocycles. The molecular weight excluding hydrogens is 228 g/mol. The Morgan fingerprint density at radius 2 is 1.94 bits per heavy atom. The molecule has 0 spiro atoms. The van der Waals surface area contributed by atoms with Gasteiger partial charge in [0, 0.05) is 31.0 Å². The molecule has 3 heteroatoms. The van der Waals surface area contributed by atoms with E-state index in [2.05, 4.69) is 49.6 Å². The van der Waals surface area contributed by atoms with E-state index < -0.39 is 0 Å². The minimum atomic E-state index is 0.934. The van der Waals surface area contributed by atoms with Gasteiger partial charge in [0.15, 0.2) is 0 Å². The molecular formula is C14H18N2S. The van der Waals surface area contributed by atoms with Gasteiger partial charge in [0.25, 0.3) is 0 Å². The number of aryl methyl sites for hydroxylation is 1. The van der Waals surface area contributed by atoms with Crippen molar-refractivity contribution in [3.63, 3.8) is 0 Å². The minimum Gasteiger partial charge on any atom is -0.366 e. The quantitative estimate of drug-likeness (QED) is 0.751. The van der Waals surface area contributed by atoms with Gasteiger partial charge in [-0.2, -0.15) is 0 Å². The smallest absolute Gasteiger partial charge is 0.108 e. The van der Waals surface area contributed by atoms with Crippen molar-refractivity contribution in [2.45, 2.75) is 25.2 Å². The average molecular weight is 246 g/mol. The fraction of sp³-hybridized carbons (Fsp3) is 0.357. The summed E-state index contributed by atoms with van der Waals surface area (Å²) in [5.41, 5.74) is 4.76. The summed E-state index contributed by atoms with van der Waals surface area (Å²) in [4.78, 5) is 7.78. The van der Waals surface area contributed by atoms with Crippen LogP contribution in [0.5, 0.6) is 0 Å². The summed E-state index contributed by atoms with van der Waals surface area (Å²) in [5, 5.41) is 0. The van der Waals surface area contributed by atoms with Crippen molar-refractivity contribution in [2.75, 3.05) is 14.1 Å². The highest BCUT2D eigenvalue weighted by Gasteiger charge is 2.18. The lowest BCUT2D eigenvalue weighted by molar-refractivity contribution is 0.613. The number of benzene rings is 1. The van der Waals surface area contributed by atoms with E-state index in [1.54, 1.807) is 0 Å². The van der Waals surface area contributed by atoms with Crippen LogP contribution >= 0.6 is 12.6 Å². The number of thiol groups is 1. The van der Waals surface area contributed by atoms with Crippen LogP contribution in [0.15, 0.2) is 33.7 Å². The molecule has 0 fully saturated rings. The van der Waals surface area contributed by atoms with Gasteiger partial charge in [0.1, 0.15) is 5.84 Å². The number of hydrogen-bond acceptors (Lipinski definition) is 3. The molecule has 0 saturated carbocycles. The van der Waals surface area contributed by atoms with Crippen LogP contribution in [0.25, 0.3) is 5.70 Å². The average Bonchev–Trinajstić information content (AvgIpc) is 2.61. The fourth-order valence-corrected chi connectivity index (χ4v) is 2.36. The van der Waals surface area contributed by atoms with Crippen LogP contribution in [0, 0.1) is 6.92 Å². The lowest BCUT2D eigenvalue weighted by Crippen LogP contribution is -2.19. The highest BCUT2D eigenvalue weighted by molar-refractivity contribution is 7.80. The van der Waals surface area contributed by atoms with Gasteiger partial charge in [-0.15, -0.1) is 12.6 Å². The van der Waals surface area contributed by atoms with Crippen molar-refractivity contribution in [3.8, 4) is 0 Å². The third kappa shape index (κ3) is 2.39. The molecule has 1 aromatic carbocycles. The maximum absolute atomic E-state index is 4.70. The van der Waals surface area contributed by atoms with Crippen LogP contribution in [-0.4, -0.2) is 24.8 Å². The molecule has 0 aliphatic carbocycles. The summed E-state index contributed by atoms with van der Waals surface area (Å²) in [7, 11) is 4.07. The summed E-state index contributed by atoms with van der Waals surface area (Å²) in [5.74, 6) is 1.12. The predicted octanol–water partition coefficient (Wildman–Crippen LogP) is 3.38. The second kappa shape index (κ2) is 4.57. The van der Waals surface area contributed by atoms with Gasteiger partial charge in [-0.1, -0.05) is 12.1 Å². The van der Waals surface area contributed by atoms with Gasteiger partial charge in [-0.25, -0.2) is 4.99 Å². The third-order valence-electron chi connectivity index (χ3n) is 2.99. The molecule has 2 nitrogen and oxygen atoms in total. The van der Waals surface area contributed by atoms with E-state index in [-0.39, 0.29) is 0 Å². The Morgan fingerprint density at radius 3 is 2.47 bits per heavy atom. The highest BCUT2D eigenvalue weighted by Crippen LogP contribution is 2.32. The Balaban J connectivity index is 2.43. The van der Waals surface area contributed by atoms with E-state index in [0.29, 0.717) is 0 Å². The zero-order valence-electron chi connectivity index (χ0n) is 10.8. The normalized spacial score (nSPS) is 15.2. The Bertz CT molecular complexity index is 513. The molecule has 0 amide bonds. The number of amidine groups is 1. The van der Waals surface area contributed by atoms with E-state index in [1.165, 1.54) is 11.1 Å². The van der Waals surface area contributed by atoms with Crippen LogP contribution in [0.4, 0.5) is 0 Å². The van der Waals surface area contributed by atoms with Gasteiger partial charge >= 0.3 is 0 Å². The first kappa shape index (κ1) is 12.2. The SMILES string of the molecule is CC1=C(c2ccc(C)cc2S)N=C(N(C)C)C1. The topological polar surface area (TPSA) is 15.6 Å². The standard InChI is InChI=1S/C14H18N2S/c1-9-5-6-11(12(17)7-9)14-10(2)8-13(15-14)16(3)4/h5-7,17H,8H2,1-4H3. The zero-order chi connectivity index (χ0) is 12.6. The van der Waals surface area contributed by atoms with Crippen molar-refractivity contribution in [3.05, 3.63) is 34.9 Å². The lowest BCUT2D eigenvalue weighted by atomic mass is 10.1. The van der Waals surface area contributed by atoms with Gasteiger partial charge < -0.3 is 4.90 Å². The molecule has 0 aromatic heterocycles. The van der Waals surface area contributed by atoms with Crippen LogP contribution in [0.2, 0.25) is 0 Å². The summed E-state index contributed by atoms with van der Waals surface area (Å²) >= 11 is 4.55. The Hall–Kier alpha value is -1.22. The Morgan fingerprint density at radius 1 is 1.24 bits per heavy atom. The van der Waals surface area contributed by atoms with Crippen LogP contribution in [0.1, 0.15) is 24.5 Å². The first-order valence-electron chi connectivity index (χ1n) is 5.73. The molecule has 0 atom stereocenters. The van der Waals surface area contributed by atoms with E-state index >= 15 is 0 Å². The first-order chi connectivity index (χ1) is 7.99. The van der Waals surface area contributed by atoms with E-state index in [9.17, 15) is 0 Å². The molecule has 2 rings (SSSR count). The van der Waals surface area contributed by atoms with Gasteiger partial charge in [0.2, 0.25) is 0 Å². The van der Waals surface area contributed by atoms with Crippen LogP contribution in [-0.2, 0) is 0 Å². The molecule has 0 unspecified atom stereocenters. The molecule has 90 valence electrons. The minimum absolute atomic E-state index is 0.934. The first-order valence-corrected chi connectivity index (χ1v) is 6.18. The van der Waals surface area contributed by atoms with Crippen LogP contribution < -0.4 is 0 Å². The summed E-state index contributed by atoms with van der Waals surface area (Å²) in [6, 6.07) is 6.30. The third-order valence-corrected chi connectivity index (χ3v) is 3.36. The highest BCUT2D eigenvalue weighted by atomic mass is 32.1. The Kier molecular flexibility index (Phi) is 3.29. The van der Waals surface area contributed by atoms with Crippen molar-refractivity contribution in [1.82, 2.24) is 4.90 Å². The van der Waals surface area contributed by atoms with Gasteiger partial charge in [-0.05, 0) is 31.1 Å². The second-order valence-corrected chi connectivity index (χ2v) is 5.23. The zero-order valence-corrected chi connectivity index (χ0v) is 11.7. The largest absolute Gasteiger partial charge is 0.366 e. The van der Waals surface area contributed by atoms with Crippen molar-refractivity contribution < 1.29 is 0 Å². The molecule has 0 saturated heterocycles. The van der Waals surface area contributed by atoms with Gasteiger partial charge in [0.05, 0.1) is 5.70 Å². The molecule has 1 aliphatic rings. The maximum atomic E-state index is 4.70. The summed E-state index contributed by atoms with van der Waals surface area (Å²) < 4.78 is 0. The predicted molar refractivity (Wildman–Crippen MR) is 76.8 cm³/mol. The molecule has 1 aromatic rings. The van der Waals surface area contributed by atoms with Crippen LogP contribution in [0.3, 0.4) is 0 Å². The summed E-state index contributed by atoms with van der Waals surface area (Å²) in [6.07, 6.45) is 0.934. The van der Waals surface area contributed by atoms with Crippen molar-refractivity contribution in [2.24, 2.45) is 4.99 Å². The van der Waals surface area contributed by atoms with Crippen molar-refractivity contribution in [1.29, 1.82) is 0 Å². The fourth-order valence-electron chi connectivity index (χ4n) is 1.98. The van der Waals surface area contributed by atoms with E-state index in [1.807, 2.05) is 14.1 Å². The summed E-state index contributed by atoms with van der Waals surface area (Å²) in [6.45, 7) is 4.22. The number of hydrogen-bond donors (Lipinski definition) is 1. The van der Waals surface area contributed by atoms with Crippen molar-refractivity contribution >= 4 is 24.2 Å². The number of aliphatic imine (C=N–C) groups is 1. The molecule has 0 bridgehead atoms. The van der Waals surface area contributed by atoms with Gasteiger partial charge in [-0.3, -0.25) is 0 Å². The monoisotopic (exact) mass is 246 g/mol. The lowest BCUT2D eigenvalue weighted by Gasteiger charge is -2.11. The van der Waals surface area contributed by atoms with E-state index in [0.717, 1.165) is 28.4 Å². The molecule has 17 heavy (non-hydrogen) atoms. The maximum Gasteiger partial charge on any atom is 0.108 e. The second-order valence-electron chi connectivity index (χ2n) is 4.75. The molecule has 0 radical (unpaired) electrons. The number of rotatable bonds is 1. The molecule has 0 N–H and O–H groups in total. The molecule has 1 heterocycles. The van der Waals surface area contributed by atoms with E-state index in [4.69, 9.17) is 4.99 Å².